The van der Waals surface area contributed by atoms with Gasteiger partial charge >= 0.3 is 0 Å². The van der Waals surface area contributed by atoms with Gasteiger partial charge in [0.2, 0.25) is 0 Å². The van der Waals surface area contributed by atoms with Crippen molar-refractivity contribution in [2.24, 2.45) is 0 Å². The fourth-order valence-corrected chi connectivity index (χ4v) is 3.37. The molecule has 1 N–H and O–H groups in total. The zero-order chi connectivity index (χ0) is 21.9. The van der Waals surface area contributed by atoms with Crippen molar-refractivity contribution in [3.63, 3.8) is 0 Å². The van der Waals surface area contributed by atoms with Gasteiger partial charge < -0.3 is 15.0 Å². The van der Waals surface area contributed by atoms with Crippen molar-refractivity contribution in [3.05, 3.63) is 107 Å². The van der Waals surface area contributed by atoms with E-state index in [4.69, 9.17) is 4.74 Å². The van der Waals surface area contributed by atoms with Gasteiger partial charge in [-0.15, -0.1) is 0 Å². The van der Waals surface area contributed by atoms with Crippen molar-refractivity contribution in [3.8, 4) is 0 Å². The van der Waals surface area contributed by atoms with E-state index in [1.54, 1.807) is 24.3 Å². The first-order chi connectivity index (χ1) is 15.1. The van der Waals surface area contributed by atoms with Crippen LogP contribution in [0.25, 0.3) is 0 Å². The molecule has 0 amide bonds. The maximum absolute atomic E-state index is 13.3. The van der Waals surface area contributed by atoms with Gasteiger partial charge in [-0.25, -0.2) is 8.78 Å². The third kappa shape index (κ3) is 7.87. The van der Waals surface area contributed by atoms with Crippen LogP contribution in [0, 0.1) is 11.6 Å². The van der Waals surface area contributed by atoms with Crippen molar-refractivity contribution >= 4 is 0 Å². The maximum atomic E-state index is 13.3. The average Bonchev–Trinajstić information content (AvgIpc) is 2.79. The number of likely N-dealkylation sites (N-methyl/N-ethyl adjacent to an activating group) is 1. The predicted molar refractivity (Wildman–Crippen MR) is 121 cm³/mol. The summed E-state index contributed by atoms with van der Waals surface area (Å²) in [6.45, 7) is 4.04. The Kier molecular flexibility index (Phi) is 9.16. The van der Waals surface area contributed by atoms with Crippen LogP contribution in [0.5, 0.6) is 0 Å². The smallest absolute Gasteiger partial charge is 0.123 e. The molecule has 0 aromatic heterocycles. The molecule has 3 rings (SSSR count). The standard InChI is InChI=1S/C26H30F2N2O/c1-30(18-17-29-16-15-21-5-3-2-4-6-21)19-20-31-26(22-7-11-24(27)12-8-22)23-9-13-25(28)14-10-23/h2-14,26,29H,15-20H2,1H3. The molecule has 31 heavy (non-hydrogen) atoms. The van der Waals surface area contributed by atoms with E-state index in [2.05, 4.69) is 41.5 Å². The highest BCUT2D eigenvalue weighted by molar-refractivity contribution is 5.30. The zero-order valence-electron chi connectivity index (χ0n) is 17.9. The van der Waals surface area contributed by atoms with Crippen LogP contribution in [0.15, 0.2) is 78.9 Å². The molecule has 3 aromatic carbocycles. The number of benzene rings is 3. The first kappa shape index (κ1) is 23.1. The van der Waals surface area contributed by atoms with E-state index in [9.17, 15) is 8.78 Å². The second-order valence-electron chi connectivity index (χ2n) is 7.64. The molecule has 0 heterocycles. The third-order valence-corrected chi connectivity index (χ3v) is 5.21. The lowest BCUT2D eigenvalue weighted by molar-refractivity contribution is 0.0648. The van der Waals surface area contributed by atoms with Crippen LogP contribution >= 0.6 is 0 Å². The van der Waals surface area contributed by atoms with E-state index in [1.165, 1.54) is 29.8 Å². The quantitative estimate of drug-likeness (QED) is 0.421. The molecule has 3 aromatic rings. The first-order valence-electron chi connectivity index (χ1n) is 10.7. The highest BCUT2D eigenvalue weighted by Gasteiger charge is 2.15. The number of halogens is 2. The Balaban J connectivity index is 1.43. The Morgan fingerprint density at radius 3 is 1.94 bits per heavy atom. The molecule has 0 spiro atoms. The molecule has 0 aliphatic heterocycles. The summed E-state index contributed by atoms with van der Waals surface area (Å²) in [6, 6.07) is 23.0. The van der Waals surface area contributed by atoms with Crippen LogP contribution in [-0.2, 0) is 11.2 Å². The largest absolute Gasteiger partial charge is 0.367 e. The van der Waals surface area contributed by atoms with E-state index in [1.807, 2.05) is 6.07 Å². The van der Waals surface area contributed by atoms with E-state index in [0.29, 0.717) is 6.61 Å². The summed E-state index contributed by atoms with van der Waals surface area (Å²) in [7, 11) is 2.06. The van der Waals surface area contributed by atoms with Crippen molar-refractivity contribution in [1.29, 1.82) is 0 Å². The molecule has 0 atom stereocenters. The van der Waals surface area contributed by atoms with Gasteiger partial charge in [0.1, 0.15) is 17.7 Å². The summed E-state index contributed by atoms with van der Waals surface area (Å²) in [5, 5.41) is 3.47. The van der Waals surface area contributed by atoms with Gasteiger partial charge in [-0.05, 0) is 61.0 Å². The van der Waals surface area contributed by atoms with Crippen LogP contribution in [0.4, 0.5) is 8.78 Å². The highest BCUT2D eigenvalue weighted by Crippen LogP contribution is 2.26. The van der Waals surface area contributed by atoms with Crippen molar-refractivity contribution in [2.75, 3.05) is 39.8 Å². The fraction of sp³-hybridized carbons (Fsp3) is 0.308. The van der Waals surface area contributed by atoms with E-state index in [-0.39, 0.29) is 17.7 Å². The van der Waals surface area contributed by atoms with Gasteiger partial charge in [0.05, 0.1) is 6.61 Å². The van der Waals surface area contributed by atoms with Gasteiger partial charge in [0, 0.05) is 19.6 Å². The molecule has 5 heteroatoms. The lowest BCUT2D eigenvalue weighted by Gasteiger charge is -2.22. The van der Waals surface area contributed by atoms with Gasteiger partial charge in [0.25, 0.3) is 0 Å². The van der Waals surface area contributed by atoms with Gasteiger partial charge in [-0.1, -0.05) is 54.6 Å². The Morgan fingerprint density at radius 1 is 0.774 bits per heavy atom. The van der Waals surface area contributed by atoms with Crippen LogP contribution in [0.1, 0.15) is 22.8 Å². The minimum Gasteiger partial charge on any atom is -0.367 e. The number of hydrogen-bond donors (Lipinski definition) is 1. The average molecular weight is 425 g/mol. The second-order valence-corrected chi connectivity index (χ2v) is 7.64. The molecule has 0 saturated carbocycles. The summed E-state index contributed by atoms with van der Waals surface area (Å²) >= 11 is 0. The molecular weight excluding hydrogens is 394 g/mol. The van der Waals surface area contributed by atoms with E-state index < -0.39 is 0 Å². The predicted octanol–water partition coefficient (Wildman–Crippen LogP) is 4.83. The Hall–Kier alpha value is -2.60. The van der Waals surface area contributed by atoms with Gasteiger partial charge in [-0.2, -0.15) is 0 Å². The molecule has 164 valence electrons. The summed E-state index contributed by atoms with van der Waals surface area (Å²) in [5.74, 6) is -0.581. The Bertz CT molecular complexity index is 840. The van der Waals surface area contributed by atoms with Crippen LogP contribution in [0.2, 0.25) is 0 Å². The fourth-order valence-electron chi connectivity index (χ4n) is 3.37. The van der Waals surface area contributed by atoms with Gasteiger partial charge in [-0.3, -0.25) is 0 Å². The maximum Gasteiger partial charge on any atom is 0.123 e. The van der Waals surface area contributed by atoms with Gasteiger partial charge in [0.15, 0.2) is 0 Å². The molecule has 0 bridgehead atoms. The number of nitrogens with one attached hydrogen (secondary N) is 1. The van der Waals surface area contributed by atoms with Crippen LogP contribution in [-0.4, -0.2) is 44.7 Å². The lowest BCUT2D eigenvalue weighted by Crippen LogP contribution is -2.32. The lowest BCUT2D eigenvalue weighted by atomic mass is 10.0. The summed E-state index contributed by atoms with van der Waals surface area (Å²) in [5.41, 5.74) is 3.03. The van der Waals surface area contributed by atoms with Crippen LogP contribution in [0.3, 0.4) is 0 Å². The molecule has 0 saturated heterocycles. The molecule has 3 nitrogen and oxygen atoms in total. The second kappa shape index (κ2) is 12.3. The monoisotopic (exact) mass is 424 g/mol. The highest BCUT2D eigenvalue weighted by atomic mass is 19.1. The zero-order valence-corrected chi connectivity index (χ0v) is 17.9. The number of hydrogen-bond acceptors (Lipinski definition) is 3. The summed E-state index contributed by atoms with van der Waals surface area (Å²) < 4.78 is 32.8. The molecule has 0 aliphatic carbocycles. The SMILES string of the molecule is CN(CCNCCc1ccccc1)CCOC(c1ccc(F)cc1)c1ccc(F)cc1. The summed E-state index contributed by atoms with van der Waals surface area (Å²) in [6.07, 6.45) is 0.656. The molecule has 0 radical (unpaired) electrons. The van der Waals surface area contributed by atoms with Crippen molar-refractivity contribution in [2.45, 2.75) is 12.5 Å². The Morgan fingerprint density at radius 2 is 1.35 bits per heavy atom. The van der Waals surface area contributed by atoms with E-state index in [0.717, 1.165) is 43.7 Å². The molecule has 0 unspecified atom stereocenters. The molecular formula is C26H30F2N2O. The topological polar surface area (TPSA) is 24.5 Å². The minimum atomic E-state index is -0.362. The molecule has 0 fully saturated rings. The first-order valence-corrected chi connectivity index (χ1v) is 10.7. The van der Waals surface area contributed by atoms with E-state index >= 15 is 0 Å². The normalized spacial score (nSPS) is 11.4. The minimum absolute atomic E-state index is 0.291. The molecule has 0 aliphatic rings. The van der Waals surface area contributed by atoms with Crippen molar-refractivity contribution in [1.82, 2.24) is 10.2 Å². The third-order valence-electron chi connectivity index (χ3n) is 5.21. The number of nitrogens with zero attached hydrogens (tertiary/aromatic N) is 1. The number of ether oxygens (including phenoxy) is 1. The van der Waals surface area contributed by atoms with Crippen molar-refractivity contribution < 1.29 is 13.5 Å². The number of rotatable bonds is 12. The summed E-state index contributed by atoms with van der Waals surface area (Å²) in [4.78, 5) is 2.21. The van der Waals surface area contributed by atoms with Crippen LogP contribution < -0.4 is 5.32 Å². The Labute approximate surface area is 183 Å².